The number of aromatic amines is 1. The first kappa shape index (κ1) is 16.1. The molecule has 0 spiro atoms. The maximum atomic E-state index is 12.0. The van der Waals surface area contributed by atoms with E-state index in [0.717, 1.165) is 0 Å². The highest BCUT2D eigenvalue weighted by atomic mass is 16.5. The number of pyridine rings is 1. The molecule has 0 unspecified atom stereocenters. The molecule has 0 radical (unpaired) electrons. The van der Waals surface area contributed by atoms with Crippen molar-refractivity contribution in [3.8, 4) is 16.9 Å². The third kappa shape index (κ3) is 2.65. The number of nitrogens with one attached hydrogen (secondary N) is 2. The van der Waals surface area contributed by atoms with Crippen LogP contribution in [0.15, 0.2) is 23.0 Å². The quantitative estimate of drug-likeness (QED) is 0.530. The van der Waals surface area contributed by atoms with E-state index in [2.05, 4.69) is 5.32 Å². The summed E-state index contributed by atoms with van der Waals surface area (Å²) in [4.78, 5) is 48.5. The average Bonchev–Trinajstić information content (AvgIpc) is 2.52. The molecule has 25 heavy (non-hydrogen) atoms. The van der Waals surface area contributed by atoms with E-state index in [4.69, 9.17) is 10.5 Å². The molecular weight excluding hydrogens is 334 g/mol. The Kier molecular flexibility index (Phi) is 3.64. The first-order chi connectivity index (χ1) is 11.8. The summed E-state index contributed by atoms with van der Waals surface area (Å²) in [7, 11) is 0. The maximum Gasteiger partial charge on any atom is 0.342 e. The number of rotatable bonds is 3. The number of nitrogens with two attached hydrogens (primary N) is 1. The fourth-order valence-electron chi connectivity index (χ4n) is 2.57. The van der Waals surface area contributed by atoms with Gasteiger partial charge in [-0.1, -0.05) is 6.07 Å². The molecule has 0 fully saturated rings. The van der Waals surface area contributed by atoms with Gasteiger partial charge in [0.15, 0.2) is 6.61 Å². The normalized spacial score (nSPS) is 12.7. The van der Waals surface area contributed by atoms with Gasteiger partial charge in [-0.2, -0.15) is 0 Å². The van der Waals surface area contributed by atoms with Crippen molar-refractivity contribution in [1.29, 1.82) is 0 Å². The molecule has 3 rings (SSSR count). The molecule has 1 aromatic carbocycles. The molecule has 1 amide bonds. The molecule has 0 saturated carbocycles. The Hall–Kier alpha value is -3.82. The van der Waals surface area contributed by atoms with Gasteiger partial charge in [-0.15, -0.1) is 0 Å². The molecule has 0 atom stereocenters. The number of aromatic carboxylic acids is 2. The molecule has 2 aromatic rings. The van der Waals surface area contributed by atoms with E-state index in [9.17, 15) is 29.4 Å². The number of aromatic nitrogens is 1. The fourth-order valence-corrected chi connectivity index (χ4v) is 2.57. The Bertz CT molecular complexity index is 993. The van der Waals surface area contributed by atoms with Crippen molar-refractivity contribution in [1.82, 2.24) is 4.98 Å². The molecule has 0 aliphatic carbocycles. The van der Waals surface area contributed by atoms with Gasteiger partial charge in [0, 0.05) is 5.56 Å². The SMILES string of the molecule is Nc1[nH]c(=O)c(C(=O)O)c(-c2ccc3c(c2)NC(=O)CO3)c1C(=O)O. The lowest BCUT2D eigenvalue weighted by molar-refractivity contribution is -0.118. The van der Waals surface area contributed by atoms with Crippen molar-refractivity contribution in [2.24, 2.45) is 0 Å². The standard InChI is InChI=1S/C15H11N3O7/c16-12-10(14(21)22)9(11(15(23)24)13(20)18-12)5-1-2-7-6(3-5)17-8(19)4-25-7/h1-3H,4H2,(H,17,19)(H,21,22)(H,23,24)(H3,16,18,20). The van der Waals surface area contributed by atoms with E-state index in [1.54, 1.807) is 0 Å². The number of nitrogen functional groups attached to an aromatic ring is 1. The van der Waals surface area contributed by atoms with Crippen molar-refractivity contribution in [2.45, 2.75) is 0 Å². The smallest absolute Gasteiger partial charge is 0.342 e. The minimum atomic E-state index is -1.61. The Morgan fingerprint density at radius 1 is 1.12 bits per heavy atom. The number of ether oxygens (including phenoxy) is 1. The summed E-state index contributed by atoms with van der Waals surface area (Å²) in [6.07, 6.45) is 0. The molecule has 0 saturated heterocycles. The van der Waals surface area contributed by atoms with Crippen LogP contribution in [0.1, 0.15) is 20.7 Å². The van der Waals surface area contributed by atoms with Gasteiger partial charge in [-0.25, -0.2) is 9.59 Å². The molecule has 1 aromatic heterocycles. The summed E-state index contributed by atoms with van der Waals surface area (Å²) in [5.74, 6) is -3.70. The van der Waals surface area contributed by atoms with Gasteiger partial charge in [-0.05, 0) is 17.7 Å². The van der Waals surface area contributed by atoms with Crippen LogP contribution in [0.25, 0.3) is 11.1 Å². The van der Waals surface area contributed by atoms with E-state index in [1.807, 2.05) is 4.98 Å². The lowest BCUT2D eigenvalue weighted by Crippen LogP contribution is -2.26. The van der Waals surface area contributed by atoms with Gasteiger partial charge in [0.1, 0.15) is 22.7 Å². The van der Waals surface area contributed by atoms with Crippen molar-refractivity contribution in [2.75, 3.05) is 17.7 Å². The van der Waals surface area contributed by atoms with Gasteiger partial charge >= 0.3 is 11.9 Å². The Morgan fingerprint density at radius 2 is 1.80 bits per heavy atom. The summed E-state index contributed by atoms with van der Waals surface area (Å²) < 4.78 is 5.19. The minimum Gasteiger partial charge on any atom is -0.482 e. The second kappa shape index (κ2) is 5.67. The molecular formula is C15H11N3O7. The molecule has 10 nitrogen and oxygen atoms in total. The zero-order chi connectivity index (χ0) is 18.3. The third-order valence-electron chi connectivity index (χ3n) is 3.57. The Labute approximate surface area is 138 Å². The topological polar surface area (TPSA) is 172 Å². The highest BCUT2D eigenvalue weighted by Crippen LogP contribution is 2.35. The van der Waals surface area contributed by atoms with Crippen LogP contribution in [0.5, 0.6) is 5.75 Å². The molecule has 2 heterocycles. The van der Waals surface area contributed by atoms with Crippen molar-refractivity contribution in [3.05, 3.63) is 39.7 Å². The number of hydrogen-bond donors (Lipinski definition) is 5. The monoisotopic (exact) mass is 345 g/mol. The van der Waals surface area contributed by atoms with Crippen LogP contribution in [0.3, 0.4) is 0 Å². The second-order valence-corrected chi connectivity index (χ2v) is 5.15. The van der Waals surface area contributed by atoms with E-state index in [-0.39, 0.29) is 23.4 Å². The van der Waals surface area contributed by atoms with Crippen LogP contribution in [-0.4, -0.2) is 39.6 Å². The summed E-state index contributed by atoms with van der Waals surface area (Å²) in [5.41, 5.74) is 3.15. The van der Waals surface area contributed by atoms with Crippen LogP contribution >= 0.6 is 0 Å². The van der Waals surface area contributed by atoms with Crippen molar-refractivity contribution in [3.63, 3.8) is 0 Å². The highest BCUT2D eigenvalue weighted by Gasteiger charge is 2.27. The van der Waals surface area contributed by atoms with Crippen LogP contribution in [0, 0.1) is 0 Å². The number of carboxylic acid groups (broad SMARTS) is 2. The van der Waals surface area contributed by atoms with E-state index >= 15 is 0 Å². The van der Waals surface area contributed by atoms with Crippen LogP contribution in [0.2, 0.25) is 0 Å². The molecule has 6 N–H and O–H groups in total. The van der Waals surface area contributed by atoms with E-state index in [0.29, 0.717) is 5.75 Å². The first-order valence-corrected chi connectivity index (χ1v) is 6.89. The highest BCUT2D eigenvalue weighted by molar-refractivity contribution is 6.08. The largest absolute Gasteiger partial charge is 0.482 e. The fraction of sp³-hybridized carbons (Fsp3) is 0.0667. The third-order valence-corrected chi connectivity index (χ3v) is 3.57. The number of carbonyl (C=O) groups excluding carboxylic acids is 1. The summed E-state index contributed by atoms with van der Waals surface area (Å²) >= 11 is 0. The van der Waals surface area contributed by atoms with Gasteiger partial charge < -0.3 is 31.0 Å². The Morgan fingerprint density at radius 3 is 2.44 bits per heavy atom. The second-order valence-electron chi connectivity index (χ2n) is 5.15. The van der Waals surface area contributed by atoms with E-state index in [1.165, 1.54) is 18.2 Å². The molecule has 1 aliphatic rings. The zero-order valence-corrected chi connectivity index (χ0v) is 12.5. The number of carboxylic acids is 2. The van der Waals surface area contributed by atoms with Crippen LogP contribution in [-0.2, 0) is 4.79 Å². The number of hydrogen-bond acceptors (Lipinski definition) is 6. The lowest BCUT2D eigenvalue weighted by Gasteiger charge is -2.19. The molecule has 10 heteroatoms. The van der Waals surface area contributed by atoms with Gasteiger partial charge in [-0.3, -0.25) is 9.59 Å². The summed E-state index contributed by atoms with van der Waals surface area (Å²) in [6.45, 7) is -0.176. The predicted octanol–water partition coefficient (Wildman–Crippen LogP) is 0.351. The predicted molar refractivity (Wildman–Crippen MR) is 85.0 cm³/mol. The van der Waals surface area contributed by atoms with E-state index < -0.39 is 40.3 Å². The Balaban J connectivity index is 2.35. The maximum absolute atomic E-state index is 12.0. The molecule has 1 aliphatic heterocycles. The van der Waals surface area contributed by atoms with Crippen molar-refractivity contribution >= 4 is 29.4 Å². The summed E-state index contributed by atoms with van der Waals surface area (Å²) in [6, 6.07) is 4.13. The van der Waals surface area contributed by atoms with Crippen molar-refractivity contribution < 1.29 is 29.3 Å². The van der Waals surface area contributed by atoms with Gasteiger partial charge in [0.25, 0.3) is 11.5 Å². The minimum absolute atomic E-state index is 0.0807. The van der Waals surface area contributed by atoms with Gasteiger partial charge in [0.05, 0.1) is 5.69 Å². The first-order valence-electron chi connectivity index (χ1n) is 6.89. The average molecular weight is 345 g/mol. The summed E-state index contributed by atoms with van der Waals surface area (Å²) in [5, 5.41) is 21.3. The number of anilines is 2. The molecule has 128 valence electrons. The van der Waals surface area contributed by atoms with Gasteiger partial charge in [0.2, 0.25) is 0 Å². The number of benzene rings is 1. The number of fused-ring (bicyclic) bond motifs is 1. The van der Waals surface area contributed by atoms with Crippen LogP contribution < -0.4 is 21.3 Å². The zero-order valence-electron chi connectivity index (χ0n) is 12.5. The molecule has 0 bridgehead atoms. The lowest BCUT2D eigenvalue weighted by atomic mass is 9.95. The van der Waals surface area contributed by atoms with Crippen LogP contribution in [0.4, 0.5) is 11.5 Å². The number of carbonyl (C=O) groups is 3. The number of H-pyrrole nitrogens is 1. The number of amides is 1.